The van der Waals surface area contributed by atoms with Gasteiger partial charge in [0.25, 0.3) is 0 Å². The van der Waals surface area contributed by atoms with E-state index in [-0.39, 0.29) is 17.7 Å². The average molecular weight is 400 g/mol. The predicted octanol–water partition coefficient (Wildman–Crippen LogP) is 1.83. The molecule has 28 heavy (non-hydrogen) atoms. The van der Waals surface area contributed by atoms with Gasteiger partial charge < -0.3 is 21.1 Å². The first-order chi connectivity index (χ1) is 13.0. The Labute approximate surface area is 168 Å². The number of rotatable bonds is 13. The van der Waals surface area contributed by atoms with E-state index in [0.717, 1.165) is 6.42 Å². The van der Waals surface area contributed by atoms with Crippen molar-refractivity contribution in [2.45, 2.75) is 91.8 Å². The van der Waals surface area contributed by atoms with Crippen LogP contribution in [0.15, 0.2) is 0 Å². The Hall–Kier alpha value is -2.12. The maximum Gasteiger partial charge on any atom is 0.326 e. The van der Waals surface area contributed by atoms with Crippen LogP contribution >= 0.6 is 0 Å². The molecule has 0 heterocycles. The Morgan fingerprint density at radius 3 is 1.57 bits per heavy atom. The fourth-order valence-corrected chi connectivity index (χ4v) is 2.86. The molecule has 0 aliphatic carbocycles. The van der Waals surface area contributed by atoms with E-state index in [1.807, 2.05) is 34.6 Å². The number of aliphatic carboxylic acids is 1. The van der Waals surface area contributed by atoms with Gasteiger partial charge in [0.2, 0.25) is 17.7 Å². The lowest BCUT2D eigenvalue weighted by Gasteiger charge is -2.26. The predicted molar refractivity (Wildman–Crippen MR) is 108 cm³/mol. The zero-order valence-corrected chi connectivity index (χ0v) is 18.0. The van der Waals surface area contributed by atoms with Crippen LogP contribution in [-0.4, -0.2) is 46.9 Å². The topological polar surface area (TPSA) is 125 Å². The molecule has 3 unspecified atom stereocenters. The van der Waals surface area contributed by atoms with E-state index in [9.17, 15) is 24.3 Å². The van der Waals surface area contributed by atoms with Crippen molar-refractivity contribution in [3.63, 3.8) is 0 Å². The Morgan fingerprint density at radius 2 is 1.21 bits per heavy atom. The van der Waals surface area contributed by atoms with Gasteiger partial charge in [0.1, 0.15) is 18.1 Å². The monoisotopic (exact) mass is 399 g/mol. The third-order valence-electron chi connectivity index (χ3n) is 4.20. The lowest BCUT2D eigenvalue weighted by atomic mass is 9.99. The molecule has 162 valence electrons. The Bertz CT molecular complexity index is 534. The molecule has 0 bridgehead atoms. The van der Waals surface area contributed by atoms with Crippen LogP contribution in [0.2, 0.25) is 0 Å². The van der Waals surface area contributed by atoms with Crippen molar-refractivity contribution in [1.29, 1.82) is 0 Å². The van der Waals surface area contributed by atoms with E-state index < -0.39 is 35.9 Å². The van der Waals surface area contributed by atoms with E-state index in [1.165, 1.54) is 6.92 Å². The molecule has 0 saturated heterocycles. The van der Waals surface area contributed by atoms with Crippen LogP contribution < -0.4 is 16.0 Å². The van der Waals surface area contributed by atoms with Crippen LogP contribution in [0.4, 0.5) is 0 Å². The van der Waals surface area contributed by atoms with Gasteiger partial charge in [0.15, 0.2) is 0 Å². The molecular weight excluding hydrogens is 362 g/mol. The summed E-state index contributed by atoms with van der Waals surface area (Å²) in [6.45, 7) is 11.0. The average Bonchev–Trinajstić information content (AvgIpc) is 2.55. The molecule has 3 atom stereocenters. The van der Waals surface area contributed by atoms with E-state index >= 15 is 0 Å². The molecule has 0 aromatic carbocycles. The molecule has 0 fully saturated rings. The Kier molecular flexibility index (Phi) is 12.1. The van der Waals surface area contributed by atoms with Crippen LogP contribution in [0.5, 0.6) is 0 Å². The van der Waals surface area contributed by atoms with Gasteiger partial charge in [-0.3, -0.25) is 14.4 Å². The second-order valence-electron chi connectivity index (χ2n) is 8.12. The normalized spacial score (nSPS) is 14.3. The molecule has 0 aromatic heterocycles. The second kappa shape index (κ2) is 13.1. The lowest BCUT2D eigenvalue weighted by Crippen LogP contribution is -2.56. The largest absolute Gasteiger partial charge is 0.480 e. The molecule has 0 aliphatic heterocycles. The molecule has 0 saturated carbocycles. The molecule has 8 nitrogen and oxygen atoms in total. The SMILES string of the molecule is CCCCC(NC(=O)C(CC(C)C)NC(=O)C(CC(C)C)NC(C)=O)C(=O)O. The Balaban J connectivity index is 5.25. The third-order valence-corrected chi connectivity index (χ3v) is 4.20. The maximum absolute atomic E-state index is 12.7. The molecule has 8 heteroatoms. The van der Waals surface area contributed by atoms with Crippen molar-refractivity contribution in [3.05, 3.63) is 0 Å². The van der Waals surface area contributed by atoms with E-state index in [0.29, 0.717) is 25.7 Å². The summed E-state index contributed by atoms with van der Waals surface area (Å²) >= 11 is 0. The molecule has 0 spiro atoms. The highest BCUT2D eigenvalue weighted by molar-refractivity contribution is 5.93. The first kappa shape index (κ1) is 25.9. The molecule has 3 amide bonds. The summed E-state index contributed by atoms with van der Waals surface area (Å²) in [5.41, 5.74) is 0. The van der Waals surface area contributed by atoms with Gasteiger partial charge in [0, 0.05) is 6.92 Å². The van der Waals surface area contributed by atoms with Gasteiger partial charge in [-0.1, -0.05) is 47.5 Å². The second-order valence-corrected chi connectivity index (χ2v) is 8.12. The number of carboxylic acids is 1. The van der Waals surface area contributed by atoms with Crippen molar-refractivity contribution < 1.29 is 24.3 Å². The summed E-state index contributed by atoms with van der Waals surface area (Å²) < 4.78 is 0. The number of carbonyl (C=O) groups excluding carboxylic acids is 3. The number of nitrogens with one attached hydrogen (secondary N) is 3. The van der Waals surface area contributed by atoms with Gasteiger partial charge in [-0.25, -0.2) is 4.79 Å². The van der Waals surface area contributed by atoms with Crippen LogP contribution in [0.1, 0.15) is 73.6 Å². The van der Waals surface area contributed by atoms with Crippen LogP contribution in [-0.2, 0) is 19.2 Å². The summed E-state index contributed by atoms with van der Waals surface area (Å²) in [6, 6.07) is -2.59. The van der Waals surface area contributed by atoms with E-state index in [1.54, 1.807) is 0 Å². The van der Waals surface area contributed by atoms with Crippen molar-refractivity contribution in [2.24, 2.45) is 11.8 Å². The fraction of sp³-hybridized carbons (Fsp3) is 0.800. The standard InChI is InChI=1S/C20H37N3O5/c1-7-8-9-15(20(27)28)22-19(26)17(11-13(4)5)23-18(25)16(10-12(2)3)21-14(6)24/h12-13,15-17H,7-11H2,1-6H3,(H,21,24)(H,22,26)(H,23,25)(H,27,28). The van der Waals surface area contributed by atoms with Crippen LogP contribution in [0, 0.1) is 11.8 Å². The van der Waals surface area contributed by atoms with Gasteiger partial charge in [-0.2, -0.15) is 0 Å². The summed E-state index contributed by atoms with van der Waals surface area (Å²) in [6.07, 6.45) is 2.64. The van der Waals surface area contributed by atoms with Gasteiger partial charge >= 0.3 is 5.97 Å². The number of amides is 3. The van der Waals surface area contributed by atoms with Crippen molar-refractivity contribution in [2.75, 3.05) is 0 Å². The lowest BCUT2D eigenvalue weighted by molar-refractivity contribution is -0.142. The number of hydrogen-bond donors (Lipinski definition) is 4. The fourth-order valence-electron chi connectivity index (χ4n) is 2.86. The number of unbranched alkanes of at least 4 members (excludes halogenated alkanes) is 1. The van der Waals surface area contributed by atoms with Crippen molar-refractivity contribution in [3.8, 4) is 0 Å². The molecule has 0 radical (unpaired) electrons. The zero-order chi connectivity index (χ0) is 21.9. The molecule has 4 N–H and O–H groups in total. The quantitative estimate of drug-likeness (QED) is 0.376. The van der Waals surface area contributed by atoms with Gasteiger partial charge in [-0.15, -0.1) is 0 Å². The van der Waals surface area contributed by atoms with Crippen LogP contribution in [0.25, 0.3) is 0 Å². The molecule has 0 rings (SSSR count). The molecule has 0 aromatic rings. The smallest absolute Gasteiger partial charge is 0.326 e. The minimum atomic E-state index is -1.09. The Morgan fingerprint density at radius 1 is 0.786 bits per heavy atom. The number of hydrogen-bond acceptors (Lipinski definition) is 4. The minimum absolute atomic E-state index is 0.110. The molecule has 0 aliphatic rings. The summed E-state index contributed by atoms with van der Waals surface area (Å²) in [5, 5.41) is 17.2. The first-order valence-corrected chi connectivity index (χ1v) is 10.1. The third kappa shape index (κ3) is 10.9. The summed E-state index contributed by atoms with van der Waals surface area (Å²) in [7, 11) is 0. The molecular formula is C20H37N3O5. The minimum Gasteiger partial charge on any atom is -0.480 e. The van der Waals surface area contributed by atoms with Gasteiger partial charge in [-0.05, 0) is 31.1 Å². The maximum atomic E-state index is 12.7. The first-order valence-electron chi connectivity index (χ1n) is 10.1. The van der Waals surface area contributed by atoms with Crippen LogP contribution in [0.3, 0.4) is 0 Å². The highest BCUT2D eigenvalue weighted by Gasteiger charge is 2.29. The number of carbonyl (C=O) groups is 4. The summed E-state index contributed by atoms with van der Waals surface area (Å²) in [4.78, 5) is 48.2. The van der Waals surface area contributed by atoms with Crippen molar-refractivity contribution in [1.82, 2.24) is 16.0 Å². The zero-order valence-electron chi connectivity index (χ0n) is 18.0. The number of carboxylic acid groups (broad SMARTS) is 1. The van der Waals surface area contributed by atoms with Gasteiger partial charge in [0.05, 0.1) is 0 Å². The highest BCUT2D eigenvalue weighted by atomic mass is 16.4. The van der Waals surface area contributed by atoms with Crippen molar-refractivity contribution >= 4 is 23.7 Å². The van der Waals surface area contributed by atoms with E-state index in [2.05, 4.69) is 16.0 Å². The summed E-state index contributed by atoms with van der Waals surface area (Å²) in [5.74, 6) is -2.09. The van der Waals surface area contributed by atoms with E-state index in [4.69, 9.17) is 0 Å². The highest BCUT2D eigenvalue weighted by Crippen LogP contribution is 2.10.